The number of hydrogen-bond acceptors (Lipinski definition) is 9. The first-order valence-electron chi connectivity index (χ1n) is 11.3. The highest BCUT2D eigenvalue weighted by atomic mass is 32.2. The predicted octanol–water partition coefficient (Wildman–Crippen LogP) is 0.702. The number of carbonyl (C=O) groups excluding carboxylic acids is 2. The summed E-state index contributed by atoms with van der Waals surface area (Å²) in [4.78, 5) is 36.8. The van der Waals surface area contributed by atoms with E-state index >= 15 is 0 Å². The Bertz CT molecular complexity index is 971. The lowest BCUT2D eigenvalue weighted by Gasteiger charge is -2.38. The Morgan fingerprint density at radius 2 is 2.06 bits per heavy atom. The molecule has 2 amide bonds. The van der Waals surface area contributed by atoms with Crippen LogP contribution in [-0.2, 0) is 18.9 Å². The molecule has 0 spiro atoms. The standard InChI is InChI=1S/C22H28N6O4S/c1-12(13-2-4-17(5-3-13)33-32-31-25)27-16-8-20(22(27)30)26(10-16)11-18(24)21(29)28-15(9-23)6-14-7-19(14)28/h2-5,12,14-16,18-20H,6-8,10-11,24-25H2,1H3/t12-,14+,15-,16-,18-,19?,20-/m0/s1. The highest BCUT2D eigenvalue weighted by Gasteiger charge is 2.56. The number of nitriles is 1. The number of nitrogens with two attached hydrogens (primary N) is 2. The number of likely N-dealkylation sites (tertiary alicyclic amines) is 3. The Hall–Kier alpha value is -2.20. The normalized spacial score (nSPS) is 32.1. The SMILES string of the molecule is C[C@@H](c1ccc(SOON)cc1)N1C(=O)[C@@H]2C[C@H]1CN2C[C@H](N)C(=O)N1C2C[C@H]2C[C@H]1C#N. The molecule has 0 radical (unpaired) electrons. The first-order valence-corrected chi connectivity index (χ1v) is 12.0. The van der Waals surface area contributed by atoms with Gasteiger partial charge in [-0.15, -0.1) is 9.32 Å². The van der Waals surface area contributed by atoms with Crippen LogP contribution >= 0.6 is 12.0 Å². The number of hydrogen-bond donors (Lipinski definition) is 2. The molecular formula is C22H28N6O4S. The second kappa shape index (κ2) is 8.87. The lowest BCUT2D eigenvalue weighted by atomic mass is 10.1. The van der Waals surface area contributed by atoms with Crippen molar-refractivity contribution >= 4 is 23.9 Å². The first kappa shape index (κ1) is 22.6. The van der Waals surface area contributed by atoms with Gasteiger partial charge in [-0.3, -0.25) is 14.5 Å². The van der Waals surface area contributed by atoms with Gasteiger partial charge < -0.3 is 15.5 Å². The van der Waals surface area contributed by atoms with Gasteiger partial charge in [-0.1, -0.05) is 12.1 Å². The molecule has 2 bridgehead atoms. The second-order valence-electron chi connectivity index (χ2n) is 9.39. The van der Waals surface area contributed by atoms with Crippen molar-refractivity contribution in [3.63, 3.8) is 0 Å². The summed E-state index contributed by atoms with van der Waals surface area (Å²) in [6.07, 6.45) is 2.48. The molecule has 3 heterocycles. The van der Waals surface area contributed by atoms with Crippen molar-refractivity contribution in [3.8, 4) is 6.07 Å². The van der Waals surface area contributed by atoms with Crippen LogP contribution in [0.15, 0.2) is 29.2 Å². The van der Waals surface area contributed by atoms with Crippen LogP contribution in [0.1, 0.15) is 37.8 Å². The summed E-state index contributed by atoms with van der Waals surface area (Å²) in [5.74, 6) is 5.24. The molecule has 4 N–H and O–H groups in total. The van der Waals surface area contributed by atoms with Crippen LogP contribution in [0.3, 0.4) is 0 Å². The van der Waals surface area contributed by atoms with Gasteiger partial charge in [-0.25, -0.2) is 0 Å². The van der Waals surface area contributed by atoms with Crippen molar-refractivity contribution in [1.29, 1.82) is 5.26 Å². The molecule has 11 heteroatoms. The van der Waals surface area contributed by atoms with Crippen LogP contribution < -0.4 is 11.6 Å². The van der Waals surface area contributed by atoms with Crippen LogP contribution in [0.5, 0.6) is 0 Å². The fourth-order valence-corrected chi connectivity index (χ4v) is 6.20. The molecule has 10 nitrogen and oxygen atoms in total. The smallest absolute Gasteiger partial charge is 0.242 e. The summed E-state index contributed by atoms with van der Waals surface area (Å²) in [6.45, 7) is 3.07. The van der Waals surface area contributed by atoms with E-state index in [1.54, 1.807) is 4.90 Å². The Morgan fingerprint density at radius 3 is 2.73 bits per heavy atom. The van der Waals surface area contributed by atoms with Crippen LogP contribution in [-0.4, -0.2) is 69.8 Å². The van der Waals surface area contributed by atoms with Crippen molar-refractivity contribution in [2.24, 2.45) is 17.5 Å². The zero-order chi connectivity index (χ0) is 23.3. The average Bonchev–Trinajstić information content (AvgIpc) is 3.15. The molecule has 4 aliphatic rings. The number of nitrogens with zero attached hydrogens (tertiary/aromatic N) is 4. The third-order valence-corrected chi connectivity index (χ3v) is 8.13. The van der Waals surface area contributed by atoms with Crippen molar-refractivity contribution in [3.05, 3.63) is 29.8 Å². The molecule has 4 fully saturated rings. The average molecular weight is 473 g/mol. The molecule has 1 saturated carbocycles. The van der Waals surface area contributed by atoms with Gasteiger partial charge >= 0.3 is 0 Å². The van der Waals surface area contributed by atoms with Gasteiger partial charge in [0, 0.05) is 30.1 Å². The first-order chi connectivity index (χ1) is 15.9. The molecule has 3 aliphatic heterocycles. The quantitative estimate of drug-likeness (QED) is 0.318. The fourth-order valence-electron chi connectivity index (χ4n) is 5.83. The topological polar surface area (TPSA) is 138 Å². The summed E-state index contributed by atoms with van der Waals surface area (Å²) in [5.41, 5.74) is 7.32. The molecule has 5 rings (SSSR count). The Morgan fingerprint density at radius 1 is 1.30 bits per heavy atom. The number of benzene rings is 1. The minimum atomic E-state index is -0.719. The third-order valence-electron chi connectivity index (χ3n) is 7.52. The van der Waals surface area contributed by atoms with E-state index in [9.17, 15) is 14.9 Å². The van der Waals surface area contributed by atoms with Crippen molar-refractivity contribution in [2.75, 3.05) is 13.1 Å². The van der Waals surface area contributed by atoms with E-state index in [0.717, 1.165) is 41.8 Å². The van der Waals surface area contributed by atoms with Gasteiger partial charge in [-0.2, -0.15) is 11.2 Å². The Balaban J connectivity index is 1.19. The number of rotatable bonds is 8. The van der Waals surface area contributed by atoms with Crippen molar-refractivity contribution < 1.29 is 18.9 Å². The lowest BCUT2D eigenvalue weighted by molar-refractivity contribution is -0.195. The predicted molar refractivity (Wildman–Crippen MR) is 118 cm³/mol. The molecule has 3 saturated heterocycles. The highest BCUT2D eigenvalue weighted by molar-refractivity contribution is 7.94. The minimum absolute atomic E-state index is 0.0662. The molecule has 33 heavy (non-hydrogen) atoms. The Kier molecular flexibility index (Phi) is 6.07. The zero-order valence-corrected chi connectivity index (χ0v) is 19.2. The van der Waals surface area contributed by atoms with Gasteiger partial charge in [0.15, 0.2) is 0 Å². The van der Waals surface area contributed by atoms with Gasteiger partial charge in [-0.05, 0) is 49.8 Å². The van der Waals surface area contributed by atoms with Crippen LogP contribution in [0.25, 0.3) is 0 Å². The number of amides is 2. The van der Waals surface area contributed by atoms with Gasteiger partial charge in [0.2, 0.25) is 11.8 Å². The van der Waals surface area contributed by atoms with Crippen LogP contribution in [0.4, 0.5) is 0 Å². The molecule has 1 aliphatic carbocycles. The van der Waals surface area contributed by atoms with Crippen molar-refractivity contribution in [1.82, 2.24) is 14.7 Å². The third kappa shape index (κ3) is 4.01. The van der Waals surface area contributed by atoms with Crippen LogP contribution in [0.2, 0.25) is 0 Å². The maximum atomic E-state index is 13.2. The van der Waals surface area contributed by atoms with E-state index < -0.39 is 6.04 Å². The van der Waals surface area contributed by atoms with Gasteiger partial charge in [0.1, 0.15) is 6.04 Å². The van der Waals surface area contributed by atoms with Gasteiger partial charge in [0.25, 0.3) is 0 Å². The van der Waals surface area contributed by atoms with E-state index in [1.807, 2.05) is 41.0 Å². The summed E-state index contributed by atoms with van der Waals surface area (Å²) >= 11 is 1.01. The Labute approximate surface area is 196 Å². The summed E-state index contributed by atoms with van der Waals surface area (Å²) < 4.78 is 4.66. The van der Waals surface area contributed by atoms with E-state index in [2.05, 4.69) is 15.4 Å². The van der Waals surface area contributed by atoms with Crippen molar-refractivity contribution in [2.45, 2.75) is 67.3 Å². The second-order valence-corrected chi connectivity index (χ2v) is 10.2. The maximum Gasteiger partial charge on any atom is 0.242 e. The monoisotopic (exact) mass is 472 g/mol. The molecule has 1 aromatic rings. The summed E-state index contributed by atoms with van der Waals surface area (Å²) in [6, 6.07) is 8.83. The minimum Gasteiger partial charge on any atom is -0.330 e. The molecular weight excluding hydrogens is 444 g/mol. The highest BCUT2D eigenvalue weighted by Crippen LogP contribution is 2.48. The lowest BCUT2D eigenvalue weighted by Crippen LogP contribution is -2.57. The van der Waals surface area contributed by atoms with E-state index in [1.165, 1.54) is 0 Å². The number of carbonyl (C=O) groups is 2. The number of piperidine rings is 1. The van der Waals surface area contributed by atoms with Gasteiger partial charge in [0.05, 0.1) is 36.2 Å². The van der Waals surface area contributed by atoms with Crippen LogP contribution in [0, 0.1) is 17.2 Å². The molecule has 0 aromatic heterocycles. The largest absolute Gasteiger partial charge is 0.330 e. The molecule has 1 aromatic carbocycles. The maximum absolute atomic E-state index is 13.2. The molecule has 176 valence electrons. The zero-order valence-electron chi connectivity index (χ0n) is 18.4. The van der Waals surface area contributed by atoms with E-state index in [-0.39, 0.29) is 42.0 Å². The van der Waals surface area contributed by atoms with E-state index in [4.69, 9.17) is 11.6 Å². The fraction of sp³-hybridized carbons (Fsp3) is 0.591. The summed E-state index contributed by atoms with van der Waals surface area (Å²) in [7, 11) is 0. The number of fused-ring (bicyclic) bond motifs is 3. The van der Waals surface area contributed by atoms with E-state index in [0.29, 0.717) is 19.0 Å². The summed E-state index contributed by atoms with van der Waals surface area (Å²) in [5, 5.41) is 9.38. The molecule has 7 atom stereocenters. The number of piperazine rings is 1. The molecule has 1 unspecified atom stereocenters.